The number of aromatic carboxylic acids is 1. The molecule has 136 valence electrons. The van der Waals surface area contributed by atoms with Crippen LogP contribution in [0.4, 0.5) is 5.69 Å². The zero-order chi connectivity index (χ0) is 19.3. The van der Waals surface area contributed by atoms with Crippen LogP contribution in [0.5, 0.6) is 11.5 Å². The van der Waals surface area contributed by atoms with Crippen molar-refractivity contribution in [2.75, 3.05) is 11.9 Å². The van der Waals surface area contributed by atoms with Crippen molar-refractivity contribution in [1.82, 2.24) is 5.32 Å². The van der Waals surface area contributed by atoms with Crippen molar-refractivity contribution >= 4 is 34.9 Å². The monoisotopic (exact) mass is 374 g/mol. The predicted octanol–water partition coefficient (Wildman–Crippen LogP) is 2.60. The fraction of sp³-hybridized carbons (Fsp3) is 0.167. The Balaban J connectivity index is 1.92. The summed E-state index contributed by atoms with van der Waals surface area (Å²) in [4.78, 5) is 23.0. The average molecular weight is 374 g/mol. The Morgan fingerprint density at radius 1 is 1.15 bits per heavy atom. The Kier molecular flexibility index (Phi) is 6.13. The summed E-state index contributed by atoms with van der Waals surface area (Å²) >= 11 is 5.04. The highest BCUT2D eigenvalue weighted by Gasteiger charge is 2.14. The van der Waals surface area contributed by atoms with Gasteiger partial charge in [0.15, 0.2) is 11.7 Å². The largest absolute Gasteiger partial charge is 0.507 e. The fourth-order valence-electron chi connectivity index (χ4n) is 2.12. The molecule has 2 aromatic rings. The topological polar surface area (TPSA) is 108 Å². The number of carbonyl (C=O) groups is 2. The number of hydrogen-bond donors (Lipinski definition) is 4. The van der Waals surface area contributed by atoms with Gasteiger partial charge in [-0.2, -0.15) is 0 Å². The highest BCUT2D eigenvalue weighted by molar-refractivity contribution is 7.80. The van der Waals surface area contributed by atoms with E-state index in [0.29, 0.717) is 17.0 Å². The van der Waals surface area contributed by atoms with Crippen LogP contribution >= 0.6 is 12.2 Å². The van der Waals surface area contributed by atoms with Gasteiger partial charge in [0.2, 0.25) is 0 Å². The lowest BCUT2D eigenvalue weighted by Gasteiger charge is -2.12. The molecule has 26 heavy (non-hydrogen) atoms. The van der Waals surface area contributed by atoms with Gasteiger partial charge in [-0.1, -0.05) is 17.7 Å². The highest BCUT2D eigenvalue weighted by Crippen LogP contribution is 2.26. The molecule has 0 aliphatic heterocycles. The maximum absolute atomic E-state index is 11.9. The van der Waals surface area contributed by atoms with Crippen LogP contribution in [0.25, 0.3) is 0 Å². The molecule has 4 N–H and O–H groups in total. The first-order valence-corrected chi connectivity index (χ1v) is 8.04. The number of hydrogen-bond acceptors (Lipinski definition) is 5. The zero-order valence-electron chi connectivity index (χ0n) is 14.2. The first kappa shape index (κ1) is 19.2. The number of ether oxygens (including phenoxy) is 1. The van der Waals surface area contributed by atoms with Crippen LogP contribution in [0.2, 0.25) is 0 Å². The van der Waals surface area contributed by atoms with E-state index in [1.165, 1.54) is 12.1 Å². The van der Waals surface area contributed by atoms with Crippen molar-refractivity contribution in [3.05, 3.63) is 53.1 Å². The van der Waals surface area contributed by atoms with Gasteiger partial charge in [0.25, 0.3) is 5.91 Å². The minimum atomic E-state index is -1.27. The van der Waals surface area contributed by atoms with Crippen LogP contribution in [0, 0.1) is 13.8 Å². The number of carboxylic acid groups (broad SMARTS) is 1. The second-order valence-electron chi connectivity index (χ2n) is 5.60. The van der Waals surface area contributed by atoms with Crippen LogP contribution < -0.4 is 15.4 Å². The van der Waals surface area contributed by atoms with Crippen LogP contribution in [0.1, 0.15) is 21.5 Å². The Hall–Kier alpha value is -3.13. The van der Waals surface area contributed by atoms with Crippen LogP contribution in [-0.4, -0.2) is 33.8 Å². The maximum Gasteiger partial charge on any atom is 0.339 e. The molecule has 0 aromatic heterocycles. The van der Waals surface area contributed by atoms with Gasteiger partial charge in [-0.25, -0.2) is 4.79 Å². The molecule has 0 fully saturated rings. The first-order valence-electron chi connectivity index (χ1n) is 7.63. The number of aromatic hydroxyl groups is 1. The number of benzene rings is 2. The van der Waals surface area contributed by atoms with E-state index in [4.69, 9.17) is 22.1 Å². The van der Waals surface area contributed by atoms with E-state index in [1.54, 1.807) is 19.1 Å². The van der Waals surface area contributed by atoms with E-state index in [0.717, 1.165) is 5.56 Å². The van der Waals surface area contributed by atoms with Gasteiger partial charge in [0, 0.05) is 5.69 Å². The van der Waals surface area contributed by atoms with E-state index in [9.17, 15) is 14.7 Å². The lowest BCUT2D eigenvalue weighted by atomic mass is 10.1. The molecule has 0 bridgehead atoms. The van der Waals surface area contributed by atoms with Gasteiger partial charge in [-0.3, -0.25) is 10.1 Å². The molecule has 1 amide bonds. The van der Waals surface area contributed by atoms with Crippen molar-refractivity contribution in [3.63, 3.8) is 0 Å². The minimum Gasteiger partial charge on any atom is -0.507 e. The van der Waals surface area contributed by atoms with Crippen molar-refractivity contribution in [1.29, 1.82) is 0 Å². The lowest BCUT2D eigenvalue weighted by Crippen LogP contribution is -2.37. The summed E-state index contributed by atoms with van der Waals surface area (Å²) in [6, 6.07) is 9.99. The van der Waals surface area contributed by atoms with Gasteiger partial charge >= 0.3 is 5.97 Å². The molecule has 2 aromatic carbocycles. The molecule has 0 unspecified atom stereocenters. The number of anilines is 1. The average Bonchev–Trinajstić information content (AvgIpc) is 2.57. The summed E-state index contributed by atoms with van der Waals surface area (Å²) in [6.07, 6.45) is 0. The quantitative estimate of drug-likeness (QED) is 0.471. The Labute approximate surface area is 155 Å². The molecule has 7 nitrogen and oxygen atoms in total. The smallest absolute Gasteiger partial charge is 0.339 e. The lowest BCUT2D eigenvalue weighted by molar-refractivity contribution is -0.121. The normalized spacial score (nSPS) is 10.1. The summed E-state index contributed by atoms with van der Waals surface area (Å²) in [5.41, 5.74) is 1.52. The molecular formula is C18H18N2O5S. The van der Waals surface area contributed by atoms with Crippen molar-refractivity contribution in [2.45, 2.75) is 13.8 Å². The minimum absolute atomic E-state index is 0.0102. The number of rotatable bonds is 5. The molecule has 8 heteroatoms. The van der Waals surface area contributed by atoms with Crippen molar-refractivity contribution < 1.29 is 24.5 Å². The van der Waals surface area contributed by atoms with E-state index in [2.05, 4.69) is 10.6 Å². The second-order valence-corrected chi connectivity index (χ2v) is 6.01. The van der Waals surface area contributed by atoms with Gasteiger partial charge in [-0.15, -0.1) is 0 Å². The SMILES string of the molecule is Cc1ccc(OCC(=O)NC(=S)Nc2cc(C)c(O)c(C(=O)O)c2)cc1. The second kappa shape index (κ2) is 8.30. The third-order valence-corrected chi connectivity index (χ3v) is 3.64. The third kappa shape index (κ3) is 5.18. The van der Waals surface area contributed by atoms with Crippen LogP contribution in [-0.2, 0) is 4.79 Å². The number of thiocarbonyl (C=S) groups is 1. The summed E-state index contributed by atoms with van der Waals surface area (Å²) in [5, 5.41) is 24.0. The number of carboxylic acids is 1. The Morgan fingerprint density at radius 3 is 2.42 bits per heavy atom. The van der Waals surface area contributed by atoms with Crippen molar-refractivity contribution in [3.8, 4) is 11.5 Å². The standard InChI is InChI=1S/C18H18N2O5S/c1-10-3-5-13(6-4-10)25-9-15(21)20-18(26)19-12-7-11(2)16(22)14(8-12)17(23)24/h3-8,22H,9H2,1-2H3,(H,23,24)(H2,19,20,21,26). The summed E-state index contributed by atoms with van der Waals surface area (Å²) in [5.74, 6) is -1.48. The van der Waals surface area contributed by atoms with E-state index >= 15 is 0 Å². The molecule has 2 rings (SSSR count). The molecule has 0 aliphatic carbocycles. The maximum atomic E-state index is 11.9. The summed E-state index contributed by atoms with van der Waals surface area (Å²) in [7, 11) is 0. The molecule has 0 spiro atoms. The number of amides is 1. The number of aryl methyl sites for hydroxylation is 2. The molecule has 0 radical (unpaired) electrons. The molecule has 0 saturated heterocycles. The number of carbonyl (C=O) groups excluding carboxylic acids is 1. The van der Waals surface area contributed by atoms with E-state index < -0.39 is 11.9 Å². The van der Waals surface area contributed by atoms with E-state index in [-0.39, 0.29) is 23.0 Å². The zero-order valence-corrected chi connectivity index (χ0v) is 15.0. The molecule has 0 aliphatic rings. The summed E-state index contributed by atoms with van der Waals surface area (Å²) < 4.78 is 5.35. The van der Waals surface area contributed by atoms with Gasteiger partial charge in [0.1, 0.15) is 17.1 Å². The Morgan fingerprint density at radius 2 is 1.81 bits per heavy atom. The molecule has 0 saturated carbocycles. The van der Waals surface area contributed by atoms with E-state index in [1.807, 2.05) is 19.1 Å². The first-order chi connectivity index (χ1) is 12.3. The van der Waals surface area contributed by atoms with Crippen molar-refractivity contribution in [2.24, 2.45) is 0 Å². The number of nitrogens with one attached hydrogen (secondary N) is 2. The van der Waals surface area contributed by atoms with Gasteiger partial charge in [0.05, 0.1) is 0 Å². The Bertz CT molecular complexity index is 849. The van der Waals surface area contributed by atoms with Crippen LogP contribution in [0.15, 0.2) is 36.4 Å². The number of phenols is 1. The molecule has 0 atom stereocenters. The third-order valence-electron chi connectivity index (χ3n) is 3.43. The van der Waals surface area contributed by atoms with Gasteiger partial charge < -0.3 is 20.3 Å². The molecular weight excluding hydrogens is 356 g/mol. The highest BCUT2D eigenvalue weighted by atomic mass is 32.1. The van der Waals surface area contributed by atoms with Gasteiger partial charge in [-0.05, 0) is 55.9 Å². The molecule has 0 heterocycles. The van der Waals surface area contributed by atoms with Crippen LogP contribution in [0.3, 0.4) is 0 Å². The summed E-state index contributed by atoms with van der Waals surface area (Å²) in [6.45, 7) is 3.28. The predicted molar refractivity (Wildman–Crippen MR) is 101 cm³/mol. The fourth-order valence-corrected chi connectivity index (χ4v) is 2.35.